The summed E-state index contributed by atoms with van der Waals surface area (Å²) in [4.78, 5) is 17.7. The maximum Gasteiger partial charge on any atom is 0.219 e. The monoisotopic (exact) mass is 314 g/mol. The molecule has 122 valence electrons. The average molecular weight is 314 g/mol. The molecule has 2 aromatic rings. The number of pyridine rings is 1. The minimum absolute atomic E-state index is 0.165. The van der Waals surface area contributed by atoms with Crippen molar-refractivity contribution in [3.8, 4) is 17.1 Å². The lowest BCUT2D eigenvalue weighted by Gasteiger charge is -2.31. The van der Waals surface area contributed by atoms with Crippen molar-refractivity contribution in [1.82, 2.24) is 20.1 Å². The van der Waals surface area contributed by atoms with Crippen LogP contribution in [0.25, 0.3) is 11.4 Å². The standard InChI is InChI=1S/C17H22N4O2/c1-12-9-15(10-18-17(12)16-3-6-19-20-16)23-11-14-4-7-21(8-5-14)13(2)22/h3,6,9-10,14H,4-5,7-8,11H2,1-2H3,(H,19,20). The molecule has 3 rings (SSSR count). The molecule has 1 aliphatic rings. The van der Waals surface area contributed by atoms with Gasteiger partial charge < -0.3 is 9.64 Å². The predicted octanol–water partition coefficient (Wildman–Crippen LogP) is 2.42. The lowest BCUT2D eigenvalue weighted by Crippen LogP contribution is -2.38. The molecular formula is C17H22N4O2. The first kappa shape index (κ1) is 15.5. The fourth-order valence-electron chi connectivity index (χ4n) is 2.93. The molecule has 0 saturated carbocycles. The average Bonchev–Trinajstić information content (AvgIpc) is 3.07. The number of piperidine rings is 1. The summed E-state index contributed by atoms with van der Waals surface area (Å²) in [6, 6.07) is 3.91. The van der Waals surface area contributed by atoms with Crippen LogP contribution in [0, 0.1) is 12.8 Å². The quantitative estimate of drug-likeness (QED) is 0.941. The van der Waals surface area contributed by atoms with E-state index < -0.39 is 0 Å². The van der Waals surface area contributed by atoms with Gasteiger partial charge in [-0.1, -0.05) is 0 Å². The minimum Gasteiger partial charge on any atom is -0.492 e. The van der Waals surface area contributed by atoms with Crippen LogP contribution in [0.4, 0.5) is 0 Å². The fourth-order valence-corrected chi connectivity index (χ4v) is 2.93. The Morgan fingerprint density at radius 1 is 1.43 bits per heavy atom. The molecule has 2 aromatic heterocycles. The minimum atomic E-state index is 0.165. The third-order valence-corrected chi connectivity index (χ3v) is 4.35. The van der Waals surface area contributed by atoms with Crippen LogP contribution >= 0.6 is 0 Å². The van der Waals surface area contributed by atoms with Crippen LogP contribution in [0.15, 0.2) is 24.5 Å². The Kier molecular flexibility index (Phi) is 4.60. The van der Waals surface area contributed by atoms with Crippen LogP contribution < -0.4 is 4.74 Å². The van der Waals surface area contributed by atoms with E-state index in [1.807, 2.05) is 24.0 Å². The molecule has 1 saturated heterocycles. The Bertz CT molecular complexity index is 661. The molecular weight excluding hydrogens is 292 g/mol. The largest absolute Gasteiger partial charge is 0.492 e. The van der Waals surface area contributed by atoms with Crippen LogP contribution in [0.5, 0.6) is 5.75 Å². The second-order valence-corrected chi connectivity index (χ2v) is 6.07. The van der Waals surface area contributed by atoms with Crippen molar-refractivity contribution >= 4 is 5.91 Å². The van der Waals surface area contributed by atoms with Gasteiger partial charge in [-0.05, 0) is 43.4 Å². The van der Waals surface area contributed by atoms with Crippen LogP contribution in [0.1, 0.15) is 25.3 Å². The summed E-state index contributed by atoms with van der Waals surface area (Å²) in [5, 5.41) is 6.88. The number of ether oxygens (including phenoxy) is 1. The Hall–Kier alpha value is -2.37. The zero-order valence-corrected chi connectivity index (χ0v) is 13.6. The summed E-state index contributed by atoms with van der Waals surface area (Å²) < 4.78 is 5.90. The highest BCUT2D eigenvalue weighted by Gasteiger charge is 2.21. The first-order valence-electron chi connectivity index (χ1n) is 7.98. The Morgan fingerprint density at radius 2 is 2.22 bits per heavy atom. The van der Waals surface area contributed by atoms with E-state index in [4.69, 9.17) is 4.74 Å². The summed E-state index contributed by atoms with van der Waals surface area (Å²) in [7, 11) is 0. The van der Waals surface area contributed by atoms with E-state index in [0.29, 0.717) is 12.5 Å². The van der Waals surface area contributed by atoms with Crippen molar-refractivity contribution in [2.24, 2.45) is 5.92 Å². The molecule has 1 fully saturated rings. The summed E-state index contributed by atoms with van der Waals surface area (Å²) >= 11 is 0. The van der Waals surface area contributed by atoms with Gasteiger partial charge in [0.05, 0.1) is 24.2 Å². The van der Waals surface area contributed by atoms with Gasteiger partial charge in [-0.25, -0.2) is 0 Å². The van der Waals surface area contributed by atoms with E-state index >= 15 is 0 Å². The lowest BCUT2D eigenvalue weighted by molar-refractivity contribution is -0.130. The molecule has 6 heteroatoms. The van der Waals surface area contributed by atoms with Gasteiger partial charge in [0.1, 0.15) is 5.75 Å². The molecule has 6 nitrogen and oxygen atoms in total. The number of hydrogen-bond donors (Lipinski definition) is 1. The topological polar surface area (TPSA) is 71.1 Å². The van der Waals surface area contributed by atoms with Crippen molar-refractivity contribution < 1.29 is 9.53 Å². The zero-order chi connectivity index (χ0) is 16.2. The van der Waals surface area contributed by atoms with E-state index in [1.54, 1.807) is 19.3 Å². The highest BCUT2D eigenvalue weighted by Crippen LogP contribution is 2.24. The van der Waals surface area contributed by atoms with Crippen LogP contribution in [0.2, 0.25) is 0 Å². The van der Waals surface area contributed by atoms with Gasteiger partial charge in [0.15, 0.2) is 0 Å². The van der Waals surface area contributed by atoms with E-state index in [2.05, 4.69) is 15.2 Å². The Balaban J connectivity index is 1.55. The number of hydrogen-bond acceptors (Lipinski definition) is 4. The summed E-state index contributed by atoms with van der Waals surface area (Å²) in [5.41, 5.74) is 2.86. The molecule has 0 aromatic carbocycles. The first-order chi connectivity index (χ1) is 11.1. The number of likely N-dealkylation sites (tertiary alicyclic amines) is 1. The van der Waals surface area contributed by atoms with Gasteiger partial charge in [0.25, 0.3) is 0 Å². The van der Waals surface area contributed by atoms with Gasteiger partial charge in [0.2, 0.25) is 5.91 Å². The van der Waals surface area contributed by atoms with E-state index in [9.17, 15) is 4.79 Å². The highest BCUT2D eigenvalue weighted by atomic mass is 16.5. The van der Waals surface area contributed by atoms with Gasteiger partial charge in [-0.15, -0.1) is 0 Å². The van der Waals surface area contributed by atoms with Crippen LogP contribution in [-0.4, -0.2) is 45.7 Å². The van der Waals surface area contributed by atoms with Gasteiger partial charge in [-0.2, -0.15) is 5.10 Å². The molecule has 0 atom stereocenters. The second-order valence-electron chi connectivity index (χ2n) is 6.07. The van der Waals surface area contributed by atoms with Crippen molar-refractivity contribution in [3.05, 3.63) is 30.1 Å². The number of carbonyl (C=O) groups excluding carboxylic acids is 1. The number of nitrogens with one attached hydrogen (secondary N) is 1. The summed E-state index contributed by atoms with van der Waals surface area (Å²) in [6.07, 6.45) is 5.47. The summed E-state index contributed by atoms with van der Waals surface area (Å²) in [6.45, 7) is 5.99. The van der Waals surface area contributed by atoms with Crippen LogP contribution in [0.3, 0.4) is 0 Å². The number of carbonyl (C=O) groups is 1. The van der Waals surface area contributed by atoms with Crippen molar-refractivity contribution in [2.45, 2.75) is 26.7 Å². The molecule has 1 aliphatic heterocycles. The molecule has 3 heterocycles. The summed E-state index contributed by atoms with van der Waals surface area (Å²) in [5.74, 6) is 1.46. The Labute approximate surface area is 135 Å². The fraction of sp³-hybridized carbons (Fsp3) is 0.471. The first-order valence-corrected chi connectivity index (χ1v) is 7.98. The molecule has 0 unspecified atom stereocenters. The highest BCUT2D eigenvalue weighted by molar-refractivity contribution is 5.73. The molecule has 1 amide bonds. The lowest BCUT2D eigenvalue weighted by atomic mass is 9.98. The number of aromatic nitrogens is 3. The van der Waals surface area contributed by atoms with Crippen molar-refractivity contribution in [1.29, 1.82) is 0 Å². The molecule has 0 aliphatic carbocycles. The molecule has 0 spiro atoms. The molecule has 0 bridgehead atoms. The number of nitrogens with zero attached hydrogens (tertiary/aromatic N) is 3. The van der Waals surface area contributed by atoms with Crippen LogP contribution in [-0.2, 0) is 4.79 Å². The maximum absolute atomic E-state index is 11.3. The van der Waals surface area contributed by atoms with E-state index in [1.165, 1.54) is 0 Å². The smallest absolute Gasteiger partial charge is 0.219 e. The third-order valence-electron chi connectivity index (χ3n) is 4.35. The molecule has 23 heavy (non-hydrogen) atoms. The van der Waals surface area contributed by atoms with Gasteiger partial charge in [0, 0.05) is 26.2 Å². The SMILES string of the molecule is CC(=O)N1CCC(COc2cnc(-c3ccn[nH]3)c(C)c2)CC1. The Morgan fingerprint density at radius 3 is 2.83 bits per heavy atom. The maximum atomic E-state index is 11.3. The van der Waals surface area contributed by atoms with E-state index in [0.717, 1.165) is 48.6 Å². The molecule has 1 N–H and O–H groups in total. The number of amides is 1. The normalized spacial score (nSPS) is 15.7. The van der Waals surface area contributed by atoms with E-state index in [-0.39, 0.29) is 5.91 Å². The van der Waals surface area contributed by atoms with Crippen molar-refractivity contribution in [3.63, 3.8) is 0 Å². The molecule has 0 radical (unpaired) electrons. The number of H-pyrrole nitrogens is 1. The van der Waals surface area contributed by atoms with Crippen molar-refractivity contribution in [2.75, 3.05) is 19.7 Å². The van der Waals surface area contributed by atoms with Gasteiger partial charge in [-0.3, -0.25) is 14.9 Å². The number of rotatable bonds is 4. The predicted molar refractivity (Wildman–Crippen MR) is 87.0 cm³/mol. The third kappa shape index (κ3) is 3.70. The second kappa shape index (κ2) is 6.81. The number of aryl methyl sites for hydroxylation is 1. The van der Waals surface area contributed by atoms with Gasteiger partial charge >= 0.3 is 0 Å². The zero-order valence-electron chi connectivity index (χ0n) is 13.6. The number of aromatic amines is 1.